The first-order valence-corrected chi connectivity index (χ1v) is 8.01. The highest BCUT2D eigenvalue weighted by Gasteiger charge is 2.17. The average molecular weight is 337 g/mol. The summed E-state index contributed by atoms with van der Waals surface area (Å²) in [4.78, 5) is 24.9. The van der Waals surface area contributed by atoms with Crippen molar-refractivity contribution in [3.8, 4) is 11.3 Å². The highest BCUT2D eigenvalue weighted by Crippen LogP contribution is 2.27. The number of carbonyl (C=O) groups excluding carboxylic acids is 1. The van der Waals surface area contributed by atoms with Gasteiger partial charge in [-0.1, -0.05) is 11.2 Å². The summed E-state index contributed by atoms with van der Waals surface area (Å²) in [6.07, 6.45) is 3.89. The first-order valence-electron chi connectivity index (χ1n) is 8.01. The van der Waals surface area contributed by atoms with Gasteiger partial charge in [0, 0.05) is 30.9 Å². The Labute approximate surface area is 145 Å². The molecule has 3 heterocycles. The minimum absolute atomic E-state index is 0.209. The van der Waals surface area contributed by atoms with Crippen LogP contribution in [0.2, 0.25) is 0 Å². The Bertz CT molecular complexity index is 890. The Morgan fingerprint density at radius 2 is 2.04 bits per heavy atom. The van der Waals surface area contributed by atoms with E-state index in [1.807, 2.05) is 20.8 Å². The molecule has 0 bridgehead atoms. The van der Waals surface area contributed by atoms with Gasteiger partial charge in [-0.3, -0.25) is 9.78 Å². The topological polar surface area (TPSA) is 93.8 Å². The van der Waals surface area contributed by atoms with E-state index in [1.54, 1.807) is 30.6 Å². The van der Waals surface area contributed by atoms with E-state index in [-0.39, 0.29) is 5.91 Å². The van der Waals surface area contributed by atoms with Gasteiger partial charge in [0.05, 0.1) is 17.0 Å². The largest absolute Gasteiger partial charge is 0.356 e. The molecule has 3 aromatic rings. The predicted octanol–water partition coefficient (Wildman–Crippen LogP) is 2.42. The van der Waals surface area contributed by atoms with Gasteiger partial charge < -0.3 is 9.84 Å². The maximum absolute atomic E-state index is 12.1. The molecule has 0 saturated carbocycles. The molecular formula is C18H19N5O2. The van der Waals surface area contributed by atoms with Crippen molar-refractivity contribution >= 4 is 5.91 Å². The zero-order chi connectivity index (χ0) is 17.8. The van der Waals surface area contributed by atoms with E-state index in [9.17, 15) is 4.79 Å². The minimum atomic E-state index is -0.209. The van der Waals surface area contributed by atoms with Crippen molar-refractivity contribution < 1.29 is 9.32 Å². The van der Waals surface area contributed by atoms with Crippen LogP contribution >= 0.6 is 0 Å². The van der Waals surface area contributed by atoms with Gasteiger partial charge in [-0.2, -0.15) is 0 Å². The Balaban J connectivity index is 1.75. The zero-order valence-electron chi connectivity index (χ0n) is 14.4. The van der Waals surface area contributed by atoms with E-state index in [1.165, 1.54) is 0 Å². The molecule has 0 spiro atoms. The van der Waals surface area contributed by atoms with Gasteiger partial charge >= 0.3 is 0 Å². The molecule has 0 atom stereocenters. The second-order valence-electron chi connectivity index (χ2n) is 5.72. The first kappa shape index (κ1) is 16.8. The van der Waals surface area contributed by atoms with E-state index in [0.717, 1.165) is 22.5 Å². The summed E-state index contributed by atoms with van der Waals surface area (Å²) < 4.78 is 5.43. The van der Waals surface area contributed by atoms with Crippen LogP contribution in [0.5, 0.6) is 0 Å². The average Bonchev–Trinajstić information content (AvgIpc) is 2.95. The van der Waals surface area contributed by atoms with Crippen LogP contribution in [0.25, 0.3) is 11.3 Å². The third kappa shape index (κ3) is 3.71. The molecule has 0 fully saturated rings. The van der Waals surface area contributed by atoms with E-state index in [2.05, 4.69) is 25.4 Å². The van der Waals surface area contributed by atoms with Crippen LogP contribution in [0.4, 0.5) is 0 Å². The monoisotopic (exact) mass is 337 g/mol. The van der Waals surface area contributed by atoms with E-state index >= 15 is 0 Å². The van der Waals surface area contributed by atoms with Crippen LogP contribution in [0, 0.1) is 20.8 Å². The number of nitrogens with one attached hydrogen (secondary N) is 1. The van der Waals surface area contributed by atoms with Crippen LogP contribution in [0.15, 0.2) is 35.1 Å². The van der Waals surface area contributed by atoms with Gasteiger partial charge in [0.1, 0.15) is 11.5 Å². The molecule has 0 aliphatic heterocycles. The Morgan fingerprint density at radius 1 is 1.20 bits per heavy atom. The molecule has 7 nitrogen and oxygen atoms in total. The van der Waals surface area contributed by atoms with E-state index < -0.39 is 0 Å². The molecule has 0 aliphatic rings. The number of aryl methyl sites for hydroxylation is 2. The molecule has 0 saturated heterocycles. The third-order valence-corrected chi connectivity index (χ3v) is 3.93. The zero-order valence-corrected chi connectivity index (χ0v) is 14.4. The lowest BCUT2D eigenvalue weighted by molar-refractivity contribution is 0.0949. The van der Waals surface area contributed by atoms with Crippen LogP contribution < -0.4 is 5.32 Å². The summed E-state index contributed by atoms with van der Waals surface area (Å²) in [5, 5.41) is 6.85. The summed E-state index contributed by atoms with van der Waals surface area (Å²) >= 11 is 0. The maximum atomic E-state index is 12.1. The van der Waals surface area contributed by atoms with Gasteiger partial charge in [0.2, 0.25) is 0 Å². The number of pyridine rings is 1. The number of carbonyl (C=O) groups is 1. The lowest BCUT2D eigenvalue weighted by Gasteiger charge is -2.09. The second-order valence-corrected chi connectivity index (χ2v) is 5.72. The minimum Gasteiger partial charge on any atom is -0.356 e. The lowest BCUT2D eigenvalue weighted by atomic mass is 10.1. The summed E-state index contributed by atoms with van der Waals surface area (Å²) in [6, 6.07) is 5.23. The summed E-state index contributed by atoms with van der Waals surface area (Å²) in [6.45, 7) is 6.11. The molecular weight excluding hydrogens is 318 g/mol. The SMILES string of the molecule is Cc1ncc(-c2onc(C)c2C)c(CCNC(=O)c2ccccn2)n1. The predicted molar refractivity (Wildman–Crippen MR) is 92.0 cm³/mol. The van der Waals surface area contributed by atoms with Crippen molar-refractivity contribution in [2.24, 2.45) is 0 Å². The van der Waals surface area contributed by atoms with Gasteiger partial charge in [-0.15, -0.1) is 0 Å². The van der Waals surface area contributed by atoms with Crippen LogP contribution in [0.1, 0.15) is 33.3 Å². The Morgan fingerprint density at radius 3 is 2.72 bits per heavy atom. The van der Waals surface area contributed by atoms with Crippen LogP contribution in [-0.4, -0.2) is 32.6 Å². The van der Waals surface area contributed by atoms with Crippen molar-refractivity contribution in [2.75, 3.05) is 6.54 Å². The van der Waals surface area contributed by atoms with Crippen LogP contribution in [0.3, 0.4) is 0 Å². The molecule has 0 aliphatic carbocycles. The maximum Gasteiger partial charge on any atom is 0.269 e. The molecule has 3 aromatic heterocycles. The molecule has 7 heteroatoms. The highest BCUT2D eigenvalue weighted by molar-refractivity contribution is 5.92. The number of rotatable bonds is 5. The Kier molecular flexibility index (Phi) is 4.83. The standard InChI is InChI=1S/C18H19N5O2/c1-11-12(2)23-25-17(11)14-10-21-13(3)22-15(14)7-9-20-18(24)16-6-4-5-8-19-16/h4-6,8,10H,7,9H2,1-3H3,(H,20,24). The number of nitrogens with zero attached hydrogens (tertiary/aromatic N) is 4. The van der Waals surface area contributed by atoms with Crippen molar-refractivity contribution in [1.82, 2.24) is 25.4 Å². The molecule has 0 radical (unpaired) electrons. The molecule has 0 unspecified atom stereocenters. The highest BCUT2D eigenvalue weighted by atomic mass is 16.5. The molecule has 1 N–H and O–H groups in total. The summed E-state index contributed by atoms with van der Waals surface area (Å²) in [5.41, 5.74) is 3.81. The van der Waals surface area contributed by atoms with Crippen molar-refractivity contribution in [3.63, 3.8) is 0 Å². The van der Waals surface area contributed by atoms with Crippen molar-refractivity contribution in [2.45, 2.75) is 27.2 Å². The smallest absolute Gasteiger partial charge is 0.269 e. The van der Waals surface area contributed by atoms with Gasteiger partial charge in [0.15, 0.2) is 5.76 Å². The van der Waals surface area contributed by atoms with Gasteiger partial charge in [0.25, 0.3) is 5.91 Å². The molecule has 25 heavy (non-hydrogen) atoms. The number of aromatic nitrogens is 4. The fraction of sp³-hybridized carbons (Fsp3) is 0.278. The molecule has 1 amide bonds. The quantitative estimate of drug-likeness (QED) is 0.768. The summed E-state index contributed by atoms with van der Waals surface area (Å²) in [5.74, 6) is 1.13. The fourth-order valence-corrected chi connectivity index (χ4v) is 2.45. The van der Waals surface area contributed by atoms with Crippen molar-refractivity contribution in [3.05, 3.63) is 59.1 Å². The van der Waals surface area contributed by atoms with E-state index in [4.69, 9.17) is 4.52 Å². The number of amides is 1. The fourth-order valence-electron chi connectivity index (χ4n) is 2.45. The summed E-state index contributed by atoms with van der Waals surface area (Å²) in [7, 11) is 0. The second kappa shape index (κ2) is 7.21. The number of hydrogen-bond donors (Lipinski definition) is 1. The van der Waals surface area contributed by atoms with Gasteiger partial charge in [-0.25, -0.2) is 9.97 Å². The molecule has 3 rings (SSSR count). The van der Waals surface area contributed by atoms with Crippen LogP contribution in [-0.2, 0) is 6.42 Å². The molecule has 128 valence electrons. The third-order valence-electron chi connectivity index (χ3n) is 3.93. The van der Waals surface area contributed by atoms with Crippen molar-refractivity contribution in [1.29, 1.82) is 0 Å². The van der Waals surface area contributed by atoms with Gasteiger partial charge in [-0.05, 0) is 32.9 Å². The lowest BCUT2D eigenvalue weighted by Crippen LogP contribution is -2.26. The normalized spacial score (nSPS) is 10.7. The Hall–Kier alpha value is -3.09. The number of hydrogen-bond acceptors (Lipinski definition) is 6. The first-order chi connectivity index (χ1) is 12.1. The molecule has 0 aromatic carbocycles. The van der Waals surface area contributed by atoms with E-state index in [0.29, 0.717) is 30.2 Å².